The number of halogens is 1. The van der Waals surface area contributed by atoms with Crippen LogP contribution < -0.4 is 24.2 Å². The van der Waals surface area contributed by atoms with Crippen molar-refractivity contribution in [2.75, 3.05) is 268 Å². The van der Waals surface area contributed by atoms with E-state index in [1.54, 1.807) is 19.1 Å². The third-order valence-corrected chi connectivity index (χ3v) is 18.9. The van der Waals surface area contributed by atoms with Crippen LogP contribution in [0.4, 0.5) is 22.9 Å². The molecule has 0 radical (unpaired) electrons. The number of pyridine rings is 1. The van der Waals surface area contributed by atoms with Crippen LogP contribution in [-0.4, -0.2) is 323 Å². The van der Waals surface area contributed by atoms with Crippen LogP contribution in [0.5, 0.6) is 11.5 Å². The Morgan fingerprint density at radius 2 is 0.926 bits per heavy atom. The van der Waals surface area contributed by atoms with E-state index in [4.69, 9.17) is 21.1 Å². The predicted molar refractivity (Wildman–Crippen MR) is 387 cm³/mol. The lowest BCUT2D eigenvalue weighted by molar-refractivity contribution is -0.384. The number of nitrogens with zero attached hydrogens (tertiary/aromatic N) is 16. The number of ether oxygens (including phenoxy) is 2. The molecule has 0 spiro atoms. The van der Waals surface area contributed by atoms with E-state index in [9.17, 15) is 14.9 Å². The summed E-state index contributed by atoms with van der Waals surface area (Å²) in [5, 5.41) is 11.4. The average molecular weight is 1320 g/mol. The Morgan fingerprint density at radius 1 is 0.468 bits per heavy atom. The van der Waals surface area contributed by atoms with Crippen molar-refractivity contribution in [2.24, 2.45) is 0 Å². The fourth-order valence-corrected chi connectivity index (χ4v) is 12.0. The number of fused-ring (bicyclic) bond motifs is 1. The first-order valence-corrected chi connectivity index (χ1v) is 34.6. The molecule has 21 nitrogen and oxygen atoms in total. The Kier molecular flexibility index (Phi) is 32.8. The van der Waals surface area contributed by atoms with Gasteiger partial charge in [0.25, 0.3) is 5.69 Å². The van der Waals surface area contributed by atoms with Gasteiger partial charge >= 0.3 is 0 Å². The largest absolute Gasteiger partial charge is 0.454 e. The summed E-state index contributed by atoms with van der Waals surface area (Å²) in [6.45, 7) is 35.4. The molecule has 0 N–H and O–H groups in total. The van der Waals surface area contributed by atoms with Crippen molar-refractivity contribution in [1.82, 2.24) is 58.9 Å². The predicted octanol–water partition coefficient (Wildman–Crippen LogP) is 6.95. The zero-order valence-electron chi connectivity index (χ0n) is 58.5. The van der Waals surface area contributed by atoms with Gasteiger partial charge in [0.05, 0.1) is 15.6 Å². The standard InChI is InChI=1S/C13H18N2O2.C13H20N2.C11H15ClN2.C11H15N3O2.C10H15N3.C7H14N2O.C7H16N2/c1-14-4-6-15(7-5-14)9-11-2-3-12-13(8-11)17-10-16-12;1-14-9-11-15(12-10-14)8-7-13-5-3-2-4-6-13;1-13-6-8-14(9-7-13)11-5-3-2-4-10(11)12;1-12-6-8-13(9-7-12)10-2-4-11(5-3-10)14(15)16;1-12-6-8-13(9-7-12)10-4-2-3-5-11-10;1-7(10)9-5-3-8(2)4-6-9;1-8-4-3-5-9(2)7-6-8/h2-3,8H,4-7,9-10H2,1H3;2-6H,7-12H2,1H3;2-5H,6-9H2,1H3;2-5H,6-9H2,1H3;2-5H,6-9H2,1H3;3-6H2,1-2H3;3-7H2,1-2H3. The maximum absolute atomic E-state index is 10.8. The highest BCUT2D eigenvalue weighted by Gasteiger charge is 2.21. The number of aromatic nitrogens is 1. The van der Waals surface area contributed by atoms with Crippen molar-refractivity contribution in [3.05, 3.63) is 148 Å². The number of nitro groups is 1. The Morgan fingerprint density at radius 3 is 1.45 bits per heavy atom. The number of hydrogen-bond donors (Lipinski definition) is 0. The van der Waals surface area contributed by atoms with Crippen molar-refractivity contribution >= 4 is 40.4 Å². The van der Waals surface area contributed by atoms with Crippen LogP contribution in [0.3, 0.4) is 0 Å². The molecule has 7 fully saturated rings. The molecule has 1 amide bonds. The van der Waals surface area contributed by atoms with Crippen LogP contribution in [-0.2, 0) is 17.8 Å². The molecule has 0 bridgehead atoms. The molecule has 518 valence electrons. The first kappa shape index (κ1) is 75.2. The molecule has 8 aliphatic rings. The molecule has 0 aliphatic carbocycles. The van der Waals surface area contributed by atoms with Gasteiger partial charge in [-0.05, 0) is 142 Å². The molecule has 8 aliphatic heterocycles. The molecular weight excluding hydrogens is 1200 g/mol. The van der Waals surface area contributed by atoms with Crippen LogP contribution in [0.2, 0.25) is 5.02 Å². The van der Waals surface area contributed by atoms with Gasteiger partial charge in [0.15, 0.2) is 11.5 Å². The fourth-order valence-electron chi connectivity index (χ4n) is 11.8. The molecular formula is C72H113ClN16O5. The van der Waals surface area contributed by atoms with Gasteiger partial charge in [-0.3, -0.25) is 19.8 Å². The fraction of sp³-hybridized carbons (Fsp3) is 0.583. The smallest absolute Gasteiger partial charge is 0.269 e. The van der Waals surface area contributed by atoms with Gasteiger partial charge in [0.1, 0.15) is 5.82 Å². The van der Waals surface area contributed by atoms with Crippen LogP contribution in [0, 0.1) is 10.1 Å². The van der Waals surface area contributed by atoms with Gasteiger partial charge in [-0.25, -0.2) is 4.98 Å². The van der Waals surface area contributed by atoms with Gasteiger partial charge in [-0.2, -0.15) is 0 Å². The number of carbonyl (C=O) groups excluding carboxylic acids is 1. The lowest BCUT2D eigenvalue weighted by Gasteiger charge is -2.34. The van der Waals surface area contributed by atoms with E-state index >= 15 is 0 Å². The SMILES string of the molecule is CC(=O)N1CCN(C)CC1.CN1CCCN(C)CC1.CN1CCN(CCc2ccccc2)CC1.CN1CCN(Cc2ccc3c(c2)OCO3)CC1.CN1CCN(c2ccc([N+](=O)[O-])cc2)CC1.CN1CCN(c2ccccc2Cl)CC1.CN1CCN(c2ccccn2)CC1. The molecule has 1 aromatic heterocycles. The van der Waals surface area contributed by atoms with Crippen molar-refractivity contribution in [1.29, 1.82) is 0 Å². The Bertz CT molecular complexity index is 2870. The average Bonchev–Trinajstić information content (AvgIpc) is 2.25. The number of hydrogen-bond acceptors (Lipinski definition) is 19. The zero-order chi connectivity index (χ0) is 67.0. The minimum absolute atomic E-state index is 0.151. The number of benzene rings is 4. The number of non-ortho nitro benzene ring substituents is 1. The highest BCUT2D eigenvalue weighted by atomic mass is 35.5. The molecule has 0 unspecified atom stereocenters. The molecule has 4 aromatic carbocycles. The van der Waals surface area contributed by atoms with E-state index in [2.05, 4.69) is 180 Å². The summed E-state index contributed by atoms with van der Waals surface area (Å²) < 4.78 is 10.7. The van der Waals surface area contributed by atoms with E-state index in [1.807, 2.05) is 59.6 Å². The van der Waals surface area contributed by atoms with E-state index in [-0.39, 0.29) is 16.5 Å². The summed E-state index contributed by atoms with van der Waals surface area (Å²) in [6.07, 6.45) is 4.37. The summed E-state index contributed by atoms with van der Waals surface area (Å²) in [5.41, 5.74) is 5.15. The number of anilines is 3. The number of nitro benzene ring substituents is 1. The molecule has 22 heteroatoms. The third kappa shape index (κ3) is 27.5. The van der Waals surface area contributed by atoms with E-state index in [1.165, 1.54) is 88.6 Å². The second-order valence-electron chi connectivity index (χ2n) is 26.2. The van der Waals surface area contributed by atoms with Crippen LogP contribution in [0.25, 0.3) is 0 Å². The summed E-state index contributed by atoms with van der Waals surface area (Å²) in [7, 11) is 17.3. The minimum Gasteiger partial charge on any atom is -0.454 e. The highest BCUT2D eigenvalue weighted by molar-refractivity contribution is 6.33. The molecule has 0 atom stereocenters. The minimum atomic E-state index is -0.367. The second kappa shape index (κ2) is 41.0. The summed E-state index contributed by atoms with van der Waals surface area (Å²) in [5.74, 6) is 3.06. The number of carbonyl (C=O) groups is 1. The first-order chi connectivity index (χ1) is 45.4. The Balaban J connectivity index is 0.000000157. The number of para-hydroxylation sites is 1. The van der Waals surface area contributed by atoms with Crippen molar-refractivity contribution < 1.29 is 19.2 Å². The van der Waals surface area contributed by atoms with Gasteiger partial charge in [0, 0.05) is 214 Å². The van der Waals surface area contributed by atoms with Gasteiger partial charge in [-0.15, -0.1) is 0 Å². The molecule has 7 saturated heterocycles. The topological polar surface area (TPSA) is 137 Å². The van der Waals surface area contributed by atoms with Crippen LogP contribution in [0.1, 0.15) is 24.5 Å². The molecule has 9 heterocycles. The maximum atomic E-state index is 10.8. The van der Waals surface area contributed by atoms with Crippen molar-refractivity contribution in [3.63, 3.8) is 0 Å². The van der Waals surface area contributed by atoms with Crippen molar-refractivity contribution in [3.8, 4) is 11.5 Å². The highest BCUT2D eigenvalue weighted by Crippen LogP contribution is 2.33. The van der Waals surface area contributed by atoms with Crippen molar-refractivity contribution in [2.45, 2.75) is 26.3 Å². The monoisotopic (exact) mass is 1320 g/mol. The molecule has 5 aromatic rings. The van der Waals surface area contributed by atoms with Crippen LogP contribution >= 0.6 is 11.6 Å². The summed E-state index contributed by atoms with van der Waals surface area (Å²) in [6, 6.07) is 37.9. The maximum Gasteiger partial charge on any atom is 0.269 e. The van der Waals surface area contributed by atoms with E-state index in [0.29, 0.717) is 6.79 Å². The van der Waals surface area contributed by atoms with Gasteiger partial charge in [-0.1, -0.05) is 66.2 Å². The quantitative estimate of drug-likeness (QED) is 0.111. The molecule has 13 rings (SSSR count). The third-order valence-electron chi connectivity index (χ3n) is 18.6. The normalized spacial score (nSPS) is 19.9. The number of amides is 1. The number of likely N-dealkylation sites (N-methyl/N-ethyl adjacent to an activating group) is 8. The van der Waals surface area contributed by atoms with Crippen LogP contribution in [0.15, 0.2) is 121 Å². The Labute approximate surface area is 569 Å². The second-order valence-corrected chi connectivity index (χ2v) is 26.6. The first-order valence-electron chi connectivity index (χ1n) is 34.2. The molecule has 94 heavy (non-hydrogen) atoms. The number of piperazine rings is 6. The summed E-state index contributed by atoms with van der Waals surface area (Å²) >= 11 is 6.14. The Hall–Kier alpha value is -6.21. The lowest BCUT2D eigenvalue weighted by atomic mass is 10.1. The number of rotatable bonds is 9. The van der Waals surface area contributed by atoms with Gasteiger partial charge < -0.3 is 73.2 Å². The van der Waals surface area contributed by atoms with E-state index < -0.39 is 0 Å². The lowest BCUT2D eigenvalue weighted by Crippen LogP contribution is -2.46. The van der Waals surface area contributed by atoms with E-state index in [0.717, 1.165) is 165 Å². The molecule has 0 saturated carbocycles. The van der Waals surface area contributed by atoms with Gasteiger partial charge in [0.2, 0.25) is 12.7 Å². The zero-order valence-corrected chi connectivity index (χ0v) is 59.2. The summed E-state index contributed by atoms with van der Waals surface area (Å²) in [4.78, 5) is 57.9.